The van der Waals surface area contributed by atoms with Crippen molar-refractivity contribution in [3.63, 3.8) is 0 Å². The van der Waals surface area contributed by atoms with Crippen LogP contribution in [0.5, 0.6) is 5.75 Å². The number of carbonyl (C=O) groups is 12. The van der Waals surface area contributed by atoms with Crippen LogP contribution >= 0.6 is 43.2 Å². The second-order valence-electron chi connectivity index (χ2n) is 25.7. The van der Waals surface area contributed by atoms with Gasteiger partial charge in [0.05, 0.1) is 6.04 Å². The molecular weight excluding hydrogens is 1410 g/mol. The molecule has 39 heteroatoms. The molecule has 2 saturated heterocycles. The van der Waals surface area contributed by atoms with E-state index < -0.39 is 155 Å². The summed E-state index contributed by atoms with van der Waals surface area (Å²) in [4.78, 5) is 188. The quantitative estimate of drug-likeness (QED) is 0.0193. The first kappa shape index (κ1) is 86.5. The molecule has 2 aromatic carbocycles. The second-order valence-corrected chi connectivity index (χ2v) is 30.8. The number of amides is 12. The van der Waals surface area contributed by atoms with E-state index in [1.54, 1.807) is 58.0 Å². The largest absolute Gasteiger partial charge is 0.508 e. The van der Waals surface area contributed by atoms with Gasteiger partial charge in [-0.3, -0.25) is 72.5 Å². The standard InChI is InChI=1S/C64H102N22O13S4/c1-32(2)25-38(65)51(89)81-44-28-100-103-31-47(59(97)85-48(33(3)4)50(66)88)84-61(99)49(34(5)6)86-60(98)46-30-102-101-29-45(83-56(94)43(80-57(44)95)27-36-18-20-37(87)21-19-36)58(96)79-42(26-35-13-8-7-9-14-35)55(93)78-40(16-11-23-74-63(69)70)53(91)76-39(15-10-22-73-62(67)68)52(90)77-41(54(92)82-46)17-12-24-75-64(71)72/h7-9,13-14,18-21,32-34,38-49,87H,10-12,15-17,22-31,65H2,1-6H3,(H2,66,88)(H,76,91)(H,77,90)(H,78,93)(H,79,96)(H,80,95)(H,81,89)(H,82,92)(H,83,94)(H,84,99)(H,85,97)(H,86,98)(H4,67,68,73)(H4,69,70,74)(H4,71,72,75)/t38-,39-,40-,41-,42-,43-,44-,45-,46-,47-,48-,49-/m0/s1. The molecule has 12 atom stereocenters. The molecule has 28 N–H and O–H groups in total. The number of phenols is 1. The number of aliphatic imine (C=N–C) groups is 3. The van der Waals surface area contributed by atoms with Crippen LogP contribution in [0.1, 0.15) is 97.6 Å². The third-order valence-corrected chi connectivity index (χ3v) is 20.7. The van der Waals surface area contributed by atoms with Crippen molar-refractivity contribution in [3.8, 4) is 5.75 Å². The van der Waals surface area contributed by atoms with E-state index in [1.165, 1.54) is 24.3 Å². The van der Waals surface area contributed by atoms with Crippen LogP contribution in [0.3, 0.4) is 0 Å². The van der Waals surface area contributed by atoms with Crippen molar-refractivity contribution in [1.82, 2.24) is 58.5 Å². The van der Waals surface area contributed by atoms with Crippen LogP contribution in [0, 0.1) is 17.8 Å². The smallest absolute Gasteiger partial charge is 0.244 e. The first-order valence-electron chi connectivity index (χ1n) is 33.6. The first-order chi connectivity index (χ1) is 48.7. The van der Waals surface area contributed by atoms with Crippen molar-refractivity contribution >= 4 is 132 Å². The van der Waals surface area contributed by atoms with Gasteiger partial charge in [0, 0.05) is 55.5 Å². The first-order valence-corrected chi connectivity index (χ1v) is 38.6. The van der Waals surface area contributed by atoms with Gasteiger partial charge in [0.15, 0.2) is 17.9 Å². The molecule has 0 unspecified atom stereocenters. The lowest BCUT2D eigenvalue weighted by Crippen LogP contribution is -2.62. The number of primary amides is 1. The lowest BCUT2D eigenvalue weighted by atomic mass is 10.0. The van der Waals surface area contributed by atoms with Crippen molar-refractivity contribution < 1.29 is 62.6 Å². The highest BCUT2D eigenvalue weighted by Crippen LogP contribution is 2.26. The molecule has 0 radical (unpaired) electrons. The molecule has 12 amide bonds. The summed E-state index contributed by atoms with van der Waals surface area (Å²) in [6.45, 7) is 10.0. The number of hydrogen-bond donors (Lipinski definition) is 20. The van der Waals surface area contributed by atoms with Crippen molar-refractivity contribution in [2.24, 2.45) is 78.6 Å². The number of nitrogens with two attached hydrogens (primary N) is 8. The normalized spacial score (nSPS) is 23.4. The number of fused-ring (bicyclic) bond motifs is 5. The number of carbonyl (C=O) groups excluding carboxylic acids is 12. The van der Waals surface area contributed by atoms with Gasteiger partial charge in [-0.1, -0.05) is 127 Å². The highest BCUT2D eigenvalue weighted by atomic mass is 33.1. The van der Waals surface area contributed by atoms with E-state index in [4.69, 9.17) is 45.9 Å². The van der Waals surface area contributed by atoms with Gasteiger partial charge < -0.3 is 109 Å². The van der Waals surface area contributed by atoms with Crippen LogP contribution in [0.4, 0.5) is 0 Å². The zero-order valence-corrected chi connectivity index (χ0v) is 61.9. The topological polar surface area (TPSA) is 603 Å². The van der Waals surface area contributed by atoms with Crippen LogP contribution in [0.25, 0.3) is 0 Å². The Morgan fingerprint density at radius 2 is 0.903 bits per heavy atom. The van der Waals surface area contributed by atoms with Crippen molar-refractivity contribution in [3.05, 3.63) is 65.7 Å². The summed E-state index contributed by atoms with van der Waals surface area (Å²) >= 11 is 0. The summed E-state index contributed by atoms with van der Waals surface area (Å²) in [5.41, 5.74) is 46.8. The van der Waals surface area contributed by atoms with Crippen LogP contribution in [0.15, 0.2) is 69.6 Å². The molecule has 2 fully saturated rings. The summed E-state index contributed by atoms with van der Waals surface area (Å²) in [6.07, 6.45) is -0.648. The molecule has 0 aliphatic carbocycles. The summed E-state index contributed by atoms with van der Waals surface area (Å²) in [6, 6.07) is -3.54. The van der Waals surface area contributed by atoms with Gasteiger partial charge in [-0.15, -0.1) is 0 Å². The molecule has 0 saturated carbocycles. The number of aromatic hydroxyl groups is 1. The number of benzene rings is 2. The fourth-order valence-corrected chi connectivity index (χ4v) is 15.0. The van der Waals surface area contributed by atoms with E-state index in [2.05, 4.69) is 73.5 Å². The van der Waals surface area contributed by atoms with Crippen LogP contribution < -0.4 is 104 Å². The molecule has 2 bridgehead atoms. The average molecular weight is 1520 g/mol. The summed E-state index contributed by atoms with van der Waals surface area (Å²) in [5, 5.41) is 40.1. The minimum absolute atomic E-state index is 0.0294. The summed E-state index contributed by atoms with van der Waals surface area (Å²) in [7, 11) is 3.73. The van der Waals surface area contributed by atoms with Gasteiger partial charge >= 0.3 is 0 Å². The molecule has 570 valence electrons. The lowest BCUT2D eigenvalue weighted by Gasteiger charge is -2.30. The Bertz CT molecular complexity index is 3290. The molecule has 0 spiro atoms. The number of rotatable bonds is 25. The molecule has 2 heterocycles. The zero-order chi connectivity index (χ0) is 76.5. The van der Waals surface area contributed by atoms with Crippen molar-refractivity contribution in [2.45, 2.75) is 172 Å². The van der Waals surface area contributed by atoms with Gasteiger partial charge in [-0.25, -0.2) is 0 Å². The third kappa shape index (κ3) is 31.7. The minimum atomic E-state index is -1.64. The van der Waals surface area contributed by atoms with Crippen molar-refractivity contribution in [2.75, 3.05) is 42.6 Å². The van der Waals surface area contributed by atoms with Gasteiger partial charge in [-0.05, 0) is 86.0 Å². The highest BCUT2D eigenvalue weighted by molar-refractivity contribution is 8.77. The van der Waals surface area contributed by atoms with Gasteiger partial charge in [0.2, 0.25) is 70.9 Å². The van der Waals surface area contributed by atoms with Crippen LogP contribution in [-0.2, 0) is 70.4 Å². The molecule has 2 aliphatic heterocycles. The minimum Gasteiger partial charge on any atom is -0.508 e. The predicted molar refractivity (Wildman–Crippen MR) is 399 cm³/mol. The Kier molecular flexibility index (Phi) is 37.4. The summed E-state index contributed by atoms with van der Waals surface area (Å²) in [5.74, 6) is -14.5. The van der Waals surface area contributed by atoms with E-state index in [0.717, 1.165) is 43.2 Å². The van der Waals surface area contributed by atoms with E-state index in [-0.39, 0.29) is 130 Å². The Balaban J connectivity index is 2.06. The highest BCUT2D eigenvalue weighted by Gasteiger charge is 2.39. The van der Waals surface area contributed by atoms with Gasteiger partial charge in [0.25, 0.3) is 0 Å². The fraction of sp³-hybridized carbons (Fsp3) is 0.578. The van der Waals surface area contributed by atoms with Crippen LogP contribution in [-0.4, -0.2) is 209 Å². The Hall–Kier alpha value is -8.95. The fourth-order valence-electron chi connectivity index (χ4n) is 10.3. The van der Waals surface area contributed by atoms with Gasteiger partial charge in [-0.2, -0.15) is 0 Å². The number of phenolic OH excluding ortho intramolecular Hbond substituents is 1. The van der Waals surface area contributed by atoms with Crippen molar-refractivity contribution in [1.29, 1.82) is 0 Å². The summed E-state index contributed by atoms with van der Waals surface area (Å²) < 4.78 is 0. The maximum absolute atomic E-state index is 15.3. The SMILES string of the molecule is CC(C)C[C@H](N)C(=O)N[C@H]1CSSC[C@@H](C(=O)N[C@H](C(N)=O)C(C)C)NC(=O)[C@H](C(C)C)NC(=O)[C@@H]2CSSC[C@H](NC(=O)[C@H](Cc3ccc(O)cc3)NC1=O)C(=O)N[C@@H](Cc1ccccc1)C(=O)N[C@@H](CCCN=C(N)N)C(=O)N[C@@H](CCCN=C(N)N)C(=O)N[C@@H](CCCN=C(N)N)C(=O)N2. The number of nitrogens with zero attached hydrogens (tertiary/aromatic N) is 3. The van der Waals surface area contributed by atoms with E-state index in [1.807, 2.05) is 13.8 Å². The molecule has 0 aromatic heterocycles. The molecule has 2 aromatic rings. The monoisotopic (exact) mass is 1510 g/mol. The predicted octanol–water partition coefficient (Wildman–Crippen LogP) is -4.37. The maximum Gasteiger partial charge on any atom is 0.244 e. The molecule has 4 rings (SSSR count). The Labute approximate surface area is 614 Å². The molecular formula is C64H102N22O13S4. The Morgan fingerprint density at radius 3 is 1.35 bits per heavy atom. The average Bonchev–Trinajstić information content (AvgIpc) is 0.862. The lowest BCUT2D eigenvalue weighted by molar-refractivity contribution is -0.136. The second kappa shape index (κ2) is 44.5. The third-order valence-electron chi connectivity index (χ3n) is 15.9. The molecule has 2 aliphatic rings. The van der Waals surface area contributed by atoms with E-state index in [0.29, 0.717) is 11.1 Å². The number of guanidine groups is 3. The molecule has 103 heavy (non-hydrogen) atoms. The Morgan fingerprint density at radius 1 is 0.495 bits per heavy atom. The van der Waals surface area contributed by atoms with Gasteiger partial charge in [0.1, 0.15) is 72.2 Å². The van der Waals surface area contributed by atoms with Crippen LogP contribution in [0.2, 0.25) is 0 Å². The number of hydrogen-bond acceptors (Lipinski definition) is 21. The maximum atomic E-state index is 15.3. The number of nitrogens with one attached hydrogen (secondary N) is 11. The zero-order valence-electron chi connectivity index (χ0n) is 58.6. The van der Waals surface area contributed by atoms with E-state index in [9.17, 15) is 43.5 Å². The molecule has 35 nitrogen and oxygen atoms in total. The van der Waals surface area contributed by atoms with E-state index >= 15 is 19.2 Å².